The van der Waals surface area contributed by atoms with Crippen molar-refractivity contribution < 1.29 is 0 Å². The Balaban J connectivity index is 2.82. The maximum atomic E-state index is 4.24. The summed E-state index contributed by atoms with van der Waals surface area (Å²) < 4.78 is 0. The van der Waals surface area contributed by atoms with E-state index in [0.717, 1.165) is 11.3 Å². The molecule has 1 rings (SSSR count). The molecule has 0 aliphatic carbocycles. The molecule has 0 bridgehead atoms. The molecule has 0 saturated heterocycles. The zero-order chi connectivity index (χ0) is 6.69. The van der Waals surface area contributed by atoms with Gasteiger partial charge in [-0.2, -0.15) is 0 Å². The van der Waals surface area contributed by atoms with Crippen molar-refractivity contribution >= 4 is 12.9 Å². The lowest BCUT2D eigenvalue weighted by atomic mass is 9.73. The van der Waals surface area contributed by atoms with Gasteiger partial charge in [-0.25, -0.2) is 0 Å². The molecule has 45 valence electrons. The molecule has 0 aromatic carbocycles. The van der Waals surface area contributed by atoms with Gasteiger partial charge >= 0.3 is 0 Å². The molecule has 1 aliphatic heterocycles. The van der Waals surface area contributed by atoms with E-state index in [-0.39, 0.29) is 0 Å². The van der Waals surface area contributed by atoms with Gasteiger partial charge in [-0.05, 0) is 25.5 Å². The van der Waals surface area contributed by atoms with Crippen molar-refractivity contribution in [2.45, 2.75) is 13.8 Å². The number of allylic oxidation sites excluding steroid dienone is 3. The molecule has 0 saturated carbocycles. The number of aliphatic imine (C=N–C) groups is 1. The van der Waals surface area contributed by atoms with Gasteiger partial charge in [0.1, 0.15) is 0 Å². The molecule has 1 nitrogen and oxygen atoms in total. The first-order valence-corrected chi connectivity index (χ1v) is 3.02. The summed E-state index contributed by atoms with van der Waals surface area (Å²) >= 11 is 0. The Morgan fingerprint density at radius 1 is 1.44 bits per heavy atom. The summed E-state index contributed by atoms with van der Waals surface area (Å²) in [5, 5.41) is 0. The quantitative estimate of drug-likeness (QED) is 0.428. The van der Waals surface area contributed by atoms with Gasteiger partial charge in [0.25, 0.3) is 0 Å². The van der Waals surface area contributed by atoms with Crippen molar-refractivity contribution in [2.24, 2.45) is 4.99 Å². The largest absolute Gasteiger partial charge is 0.273 e. The fourth-order valence-corrected chi connectivity index (χ4v) is 0.742. The number of rotatable bonds is 0. The molecular weight excluding hydrogens is 109 g/mol. The Morgan fingerprint density at radius 2 is 2.22 bits per heavy atom. The highest BCUT2D eigenvalue weighted by molar-refractivity contribution is 6.78. The molecule has 0 unspecified atom stereocenters. The summed E-state index contributed by atoms with van der Waals surface area (Å²) in [6, 6.07) is 0. The van der Waals surface area contributed by atoms with E-state index in [4.69, 9.17) is 0 Å². The molecule has 0 N–H and O–H groups in total. The lowest BCUT2D eigenvalue weighted by Gasteiger charge is -1.89. The van der Waals surface area contributed by atoms with Gasteiger partial charge in [-0.1, -0.05) is 6.08 Å². The average molecular weight is 118 g/mol. The van der Waals surface area contributed by atoms with E-state index < -0.39 is 0 Å². The first kappa shape index (κ1) is 6.34. The van der Waals surface area contributed by atoms with Crippen LogP contribution in [0.15, 0.2) is 28.8 Å². The Kier molecular flexibility index (Phi) is 1.88. The molecule has 0 atom stereocenters. The Morgan fingerprint density at radius 3 is 3.00 bits per heavy atom. The SMILES string of the molecule is CC1=CC=C[B]C(C)=N1. The molecule has 0 spiro atoms. The standard InChI is InChI=1S/C7H9BN/c1-6-4-3-5-8-7(2)9-6/h3-5H,1-2H3. The van der Waals surface area contributed by atoms with Crippen LogP contribution in [0.2, 0.25) is 0 Å². The van der Waals surface area contributed by atoms with Crippen molar-refractivity contribution in [1.29, 1.82) is 0 Å². The van der Waals surface area contributed by atoms with Crippen molar-refractivity contribution in [2.75, 3.05) is 0 Å². The first-order valence-electron chi connectivity index (χ1n) is 3.02. The maximum absolute atomic E-state index is 4.24. The van der Waals surface area contributed by atoms with Gasteiger partial charge < -0.3 is 0 Å². The summed E-state index contributed by atoms with van der Waals surface area (Å²) in [6.07, 6.45) is 3.99. The van der Waals surface area contributed by atoms with Crippen LogP contribution in [-0.2, 0) is 0 Å². The van der Waals surface area contributed by atoms with Gasteiger partial charge in [-0.3, -0.25) is 4.99 Å². The van der Waals surface area contributed by atoms with Gasteiger partial charge in [-0.15, -0.1) is 5.98 Å². The highest BCUT2D eigenvalue weighted by Crippen LogP contribution is 1.98. The van der Waals surface area contributed by atoms with Crippen LogP contribution >= 0.6 is 0 Å². The summed E-state index contributed by atoms with van der Waals surface area (Å²) in [5.41, 5.74) is 2.13. The molecule has 0 amide bonds. The van der Waals surface area contributed by atoms with Crippen LogP contribution in [0.25, 0.3) is 0 Å². The second-order valence-corrected chi connectivity index (χ2v) is 2.11. The summed E-state index contributed by atoms with van der Waals surface area (Å²) in [5.74, 6) is 2.00. The van der Waals surface area contributed by atoms with E-state index in [0.29, 0.717) is 0 Å². The predicted molar refractivity (Wildman–Crippen MR) is 41.8 cm³/mol. The predicted octanol–water partition coefficient (Wildman–Crippen LogP) is 1.54. The molecule has 0 fully saturated rings. The van der Waals surface area contributed by atoms with Crippen LogP contribution in [-0.4, -0.2) is 12.9 Å². The normalized spacial score (nSPS) is 17.6. The van der Waals surface area contributed by atoms with Crippen LogP contribution in [0.1, 0.15) is 13.8 Å². The van der Waals surface area contributed by atoms with E-state index in [1.54, 1.807) is 0 Å². The van der Waals surface area contributed by atoms with E-state index in [1.165, 1.54) is 0 Å². The minimum absolute atomic E-state index is 1.07. The minimum Gasteiger partial charge on any atom is -0.273 e. The van der Waals surface area contributed by atoms with Crippen molar-refractivity contribution in [1.82, 2.24) is 0 Å². The zero-order valence-electron chi connectivity index (χ0n) is 5.76. The van der Waals surface area contributed by atoms with Crippen LogP contribution < -0.4 is 0 Å². The third-order valence-electron chi connectivity index (χ3n) is 1.14. The molecule has 1 heterocycles. The number of hydrogen-bond acceptors (Lipinski definition) is 1. The Labute approximate surface area is 56.4 Å². The molecule has 0 aromatic rings. The van der Waals surface area contributed by atoms with Gasteiger partial charge in [0.15, 0.2) is 0 Å². The smallest absolute Gasteiger partial charge is 0.200 e. The van der Waals surface area contributed by atoms with Gasteiger partial charge in [0, 0.05) is 5.70 Å². The molecular formula is C7H9BN. The Hall–Kier alpha value is -0.785. The van der Waals surface area contributed by atoms with Crippen molar-refractivity contribution in [3.05, 3.63) is 23.8 Å². The van der Waals surface area contributed by atoms with E-state index in [2.05, 4.69) is 4.99 Å². The lowest BCUT2D eigenvalue weighted by Crippen LogP contribution is -1.99. The molecule has 2 heteroatoms. The van der Waals surface area contributed by atoms with Crippen LogP contribution in [0.4, 0.5) is 0 Å². The van der Waals surface area contributed by atoms with E-state index in [1.807, 2.05) is 39.3 Å². The zero-order valence-corrected chi connectivity index (χ0v) is 5.76. The maximum Gasteiger partial charge on any atom is 0.200 e. The third-order valence-corrected chi connectivity index (χ3v) is 1.14. The summed E-state index contributed by atoms with van der Waals surface area (Å²) in [7, 11) is 1.99. The first-order chi connectivity index (χ1) is 4.29. The third kappa shape index (κ3) is 1.88. The Bertz CT molecular complexity index is 189. The van der Waals surface area contributed by atoms with Crippen LogP contribution in [0, 0.1) is 0 Å². The monoisotopic (exact) mass is 118 g/mol. The van der Waals surface area contributed by atoms with Crippen LogP contribution in [0.5, 0.6) is 0 Å². The highest BCUT2D eigenvalue weighted by Gasteiger charge is 1.92. The van der Waals surface area contributed by atoms with Crippen molar-refractivity contribution in [3.63, 3.8) is 0 Å². The summed E-state index contributed by atoms with van der Waals surface area (Å²) in [6.45, 7) is 3.99. The van der Waals surface area contributed by atoms with Gasteiger partial charge in [0.05, 0.1) is 0 Å². The molecule has 1 aliphatic rings. The average Bonchev–Trinajstić information content (AvgIpc) is 1.93. The number of nitrogens with zero attached hydrogens (tertiary/aromatic N) is 1. The molecule has 9 heavy (non-hydrogen) atoms. The lowest BCUT2D eigenvalue weighted by molar-refractivity contribution is 1.31. The van der Waals surface area contributed by atoms with E-state index >= 15 is 0 Å². The number of hydrogen-bond donors (Lipinski definition) is 0. The van der Waals surface area contributed by atoms with Crippen LogP contribution in [0.3, 0.4) is 0 Å². The highest BCUT2D eigenvalue weighted by atomic mass is 14.7. The van der Waals surface area contributed by atoms with Crippen molar-refractivity contribution in [3.8, 4) is 0 Å². The second-order valence-electron chi connectivity index (χ2n) is 2.11. The molecule has 0 aromatic heterocycles. The topological polar surface area (TPSA) is 12.4 Å². The van der Waals surface area contributed by atoms with E-state index in [9.17, 15) is 0 Å². The van der Waals surface area contributed by atoms with Gasteiger partial charge in [0.2, 0.25) is 7.28 Å². The fourth-order valence-electron chi connectivity index (χ4n) is 0.742. The minimum atomic E-state index is 1.07. The molecule has 1 radical (unpaired) electrons. The fraction of sp³-hybridized carbons (Fsp3) is 0.286. The summed E-state index contributed by atoms with van der Waals surface area (Å²) in [4.78, 5) is 4.24. The second kappa shape index (κ2) is 2.67.